The molecule has 0 aliphatic carbocycles. The van der Waals surface area contributed by atoms with E-state index in [1.807, 2.05) is 19.1 Å². The number of esters is 1. The van der Waals surface area contributed by atoms with Crippen LogP contribution in [0.5, 0.6) is 5.75 Å². The highest BCUT2D eigenvalue weighted by Gasteiger charge is 2.16. The summed E-state index contributed by atoms with van der Waals surface area (Å²) >= 11 is 0. The molecule has 0 saturated carbocycles. The largest absolute Gasteiger partial charge is 0.426 e. The molecule has 0 atom stereocenters. The van der Waals surface area contributed by atoms with E-state index in [9.17, 15) is 4.79 Å². The van der Waals surface area contributed by atoms with Crippen LogP contribution in [-0.2, 0) is 4.79 Å². The molecule has 0 N–H and O–H groups in total. The third kappa shape index (κ3) is 2.93. The molecule has 19 heavy (non-hydrogen) atoms. The van der Waals surface area contributed by atoms with Crippen molar-refractivity contribution >= 4 is 5.97 Å². The van der Waals surface area contributed by atoms with Gasteiger partial charge in [0.2, 0.25) is 0 Å². The van der Waals surface area contributed by atoms with E-state index < -0.39 is 0 Å². The van der Waals surface area contributed by atoms with Crippen LogP contribution in [0.4, 0.5) is 0 Å². The molecule has 0 spiro atoms. The van der Waals surface area contributed by atoms with Gasteiger partial charge in [-0.25, -0.2) is 0 Å². The Hall–Kier alpha value is -2.30. The topological polar surface area (TPSA) is 65.0 Å². The molecule has 0 unspecified atom stereocenters. The Balaban J connectivity index is 2.45. The second-order valence-electron chi connectivity index (χ2n) is 4.53. The Morgan fingerprint density at radius 2 is 2.05 bits per heavy atom. The molecule has 0 radical (unpaired) electrons. The minimum Gasteiger partial charge on any atom is -0.426 e. The van der Waals surface area contributed by atoms with Crippen LogP contribution < -0.4 is 4.74 Å². The van der Waals surface area contributed by atoms with Crippen LogP contribution in [0.2, 0.25) is 0 Å². The number of hydrogen-bond acceptors (Lipinski definition) is 5. The first kappa shape index (κ1) is 13.1. The fraction of sp³-hybridized carbons (Fsp3) is 0.286. The van der Waals surface area contributed by atoms with Crippen molar-refractivity contribution in [1.29, 1.82) is 0 Å². The maximum atomic E-state index is 11.7. The standard InChI is InChI=1S/C14H15N3O2/c1-9(2)14(18)19-12-6-4-5-10(3)13(12)11-7-8-15-17-16-11/h4-9H,1-3H3. The Labute approximate surface area is 111 Å². The third-order valence-electron chi connectivity index (χ3n) is 2.68. The fourth-order valence-corrected chi connectivity index (χ4v) is 1.65. The van der Waals surface area contributed by atoms with Crippen molar-refractivity contribution in [3.8, 4) is 17.0 Å². The molecule has 0 fully saturated rings. The van der Waals surface area contributed by atoms with Gasteiger partial charge in [0.15, 0.2) is 0 Å². The number of rotatable bonds is 3. The van der Waals surface area contributed by atoms with Crippen LogP contribution in [-0.4, -0.2) is 21.4 Å². The van der Waals surface area contributed by atoms with E-state index in [-0.39, 0.29) is 11.9 Å². The van der Waals surface area contributed by atoms with Crippen molar-refractivity contribution in [2.24, 2.45) is 5.92 Å². The van der Waals surface area contributed by atoms with E-state index >= 15 is 0 Å². The van der Waals surface area contributed by atoms with Gasteiger partial charge in [0.1, 0.15) is 11.4 Å². The summed E-state index contributed by atoms with van der Waals surface area (Å²) < 4.78 is 5.42. The molecule has 5 nitrogen and oxygen atoms in total. The van der Waals surface area contributed by atoms with E-state index in [4.69, 9.17) is 4.74 Å². The first-order chi connectivity index (χ1) is 9.09. The molecule has 1 heterocycles. The fourth-order valence-electron chi connectivity index (χ4n) is 1.65. The molecule has 1 aromatic heterocycles. The normalized spacial score (nSPS) is 10.5. The molecule has 1 aromatic carbocycles. The maximum absolute atomic E-state index is 11.7. The van der Waals surface area contributed by atoms with Crippen LogP contribution >= 0.6 is 0 Å². The van der Waals surface area contributed by atoms with Crippen LogP contribution in [0.25, 0.3) is 11.3 Å². The number of aryl methyl sites for hydroxylation is 1. The predicted octanol–water partition coefficient (Wildman–Crippen LogP) is 2.41. The highest BCUT2D eigenvalue weighted by atomic mass is 16.5. The highest BCUT2D eigenvalue weighted by molar-refractivity contribution is 5.79. The summed E-state index contributed by atoms with van der Waals surface area (Å²) in [5, 5.41) is 11.2. The van der Waals surface area contributed by atoms with Crippen molar-refractivity contribution in [1.82, 2.24) is 15.4 Å². The van der Waals surface area contributed by atoms with Gasteiger partial charge in [0.25, 0.3) is 0 Å². The van der Waals surface area contributed by atoms with Crippen LogP contribution in [0.3, 0.4) is 0 Å². The SMILES string of the molecule is Cc1cccc(OC(=O)C(C)C)c1-c1ccnnn1. The Bertz CT molecular complexity index is 582. The van der Waals surface area contributed by atoms with Gasteiger partial charge in [-0.3, -0.25) is 4.79 Å². The van der Waals surface area contributed by atoms with Gasteiger partial charge in [0.05, 0.1) is 12.1 Å². The van der Waals surface area contributed by atoms with Crippen molar-refractivity contribution in [3.05, 3.63) is 36.0 Å². The lowest BCUT2D eigenvalue weighted by Crippen LogP contribution is -2.15. The highest BCUT2D eigenvalue weighted by Crippen LogP contribution is 2.31. The average molecular weight is 257 g/mol. The lowest BCUT2D eigenvalue weighted by Gasteiger charge is -2.12. The van der Waals surface area contributed by atoms with E-state index in [0.29, 0.717) is 11.4 Å². The zero-order valence-corrected chi connectivity index (χ0v) is 11.1. The Morgan fingerprint density at radius 3 is 2.68 bits per heavy atom. The quantitative estimate of drug-likeness (QED) is 0.624. The van der Waals surface area contributed by atoms with E-state index in [0.717, 1.165) is 11.1 Å². The Morgan fingerprint density at radius 1 is 1.26 bits per heavy atom. The number of ether oxygens (including phenoxy) is 1. The second-order valence-corrected chi connectivity index (χ2v) is 4.53. The van der Waals surface area contributed by atoms with Crippen molar-refractivity contribution < 1.29 is 9.53 Å². The molecule has 2 rings (SSSR count). The van der Waals surface area contributed by atoms with Gasteiger partial charge in [0, 0.05) is 5.56 Å². The van der Waals surface area contributed by atoms with Gasteiger partial charge >= 0.3 is 5.97 Å². The van der Waals surface area contributed by atoms with Crippen molar-refractivity contribution in [3.63, 3.8) is 0 Å². The molecule has 98 valence electrons. The summed E-state index contributed by atoms with van der Waals surface area (Å²) in [5.41, 5.74) is 2.38. The van der Waals surface area contributed by atoms with Crippen LogP contribution in [0, 0.1) is 12.8 Å². The summed E-state index contributed by atoms with van der Waals surface area (Å²) in [6.45, 7) is 5.53. The minimum absolute atomic E-state index is 0.183. The van der Waals surface area contributed by atoms with Crippen molar-refractivity contribution in [2.45, 2.75) is 20.8 Å². The second kappa shape index (κ2) is 5.56. The zero-order valence-electron chi connectivity index (χ0n) is 11.1. The smallest absolute Gasteiger partial charge is 0.313 e. The van der Waals surface area contributed by atoms with Gasteiger partial charge in [-0.05, 0) is 29.8 Å². The molecular formula is C14H15N3O2. The monoisotopic (exact) mass is 257 g/mol. The average Bonchev–Trinajstić information content (AvgIpc) is 2.39. The zero-order chi connectivity index (χ0) is 13.8. The maximum Gasteiger partial charge on any atom is 0.313 e. The molecule has 0 bridgehead atoms. The molecular weight excluding hydrogens is 242 g/mol. The van der Waals surface area contributed by atoms with Gasteiger partial charge in [-0.2, -0.15) is 0 Å². The number of hydrogen-bond donors (Lipinski definition) is 0. The number of aromatic nitrogens is 3. The van der Waals surface area contributed by atoms with Crippen molar-refractivity contribution in [2.75, 3.05) is 0 Å². The lowest BCUT2D eigenvalue weighted by atomic mass is 10.0. The number of carbonyl (C=O) groups is 1. The lowest BCUT2D eigenvalue weighted by molar-refractivity contribution is -0.137. The van der Waals surface area contributed by atoms with E-state index in [1.165, 1.54) is 0 Å². The van der Waals surface area contributed by atoms with Crippen LogP contribution in [0.1, 0.15) is 19.4 Å². The van der Waals surface area contributed by atoms with E-state index in [2.05, 4.69) is 15.4 Å². The molecule has 0 aliphatic rings. The summed E-state index contributed by atoms with van der Waals surface area (Å²) in [4.78, 5) is 11.7. The third-order valence-corrected chi connectivity index (χ3v) is 2.68. The van der Waals surface area contributed by atoms with Gasteiger partial charge in [-0.1, -0.05) is 26.0 Å². The molecule has 5 heteroatoms. The molecule has 0 aliphatic heterocycles. The summed E-state index contributed by atoms with van der Waals surface area (Å²) in [7, 11) is 0. The van der Waals surface area contributed by atoms with Crippen LogP contribution in [0.15, 0.2) is 30.5 Å². The first-order valence-electron chi connectivity index (χ1n) is 6.05. The summed E-state index contributed by atoms with van der Waals surface area (Å²) in [5.74, 6) is 0.0463. The molecule has 2 aromatic rings. The van der Waals surface area contributed by atoms with Gasteiger partial charge in [-0.15, -0.1) is 10.2 Å². The molecule has 0 amide bonds. The van der Waals surface area contributed by atoms with E-state index in [1.54, 1.807) is 32.2 Å². The number of carbonyl (C=O) groups excluding carboxylic acids is 1. The Kier molecular flexibility index (Phi) is 3.85. The van der Waals surface area contributed by atoms with Gasteiger partial charge < -0.3 is 4.74 Å². The summed E-state index contributed by atoms with van der Waals surface area (Å²) in [6.07, 6.45) is 1.56. The number of benzene rings is 1. The number of nitrogens with zero attached hydrogens (tertiary/aromatic N) is 3. The summed E-state index contributed by atoms with van der Waals surface area (Å²) in [6, 6.07) is 7.27. The predicted molar refractivity (Wildman–Crippen MR) is 70.5 cm³/mol. The minimum atomic E-state index is -0.270. The first-order valence-corrected chi connectivity index (χ1v) is 6.05. The molecule has 0 saturated heterocycles.